The zero-order valence-electron chi connectivity index (χ0n) is 11.5. The summed E-state index contributed by atoms with van der Waals surface area (Å²) in [5, 5.41) is 9.39. The third-order valence-corrected chi connectivity index (χ3v) is 4.04. The maximum atomic E-state index is 11.4. The summed E-state index contributed by atoms with van der Waals surface area (Å²) in [5.41, 5.74) is -0.476. The number of piperidine rings is 1. The maximum Gasteiger partial charge on any atom is 0.310 e. The molecule has 0 radical (unpaired) electrons. The predicted molar refractivity (Wildman–Crippen MR) is 70.1 cm³/mol. The van der Waals surface area contributed by atoms with E-state index in [0.29, 0.717) is 0 Å². The van der Waals surface area contributed by atoms with Crippen LogP contribution in [0.25, 0.3) is 0 Å². The first-order chi connectivity index (χ1) is 8.00. The molecule has 0 bridgehead atoms. The molecule has 100 valence electrons. The second-order valence-electron chi connectivity index (χ2n) is 5.85. The molecule has 1 fully saturated rings. The first kappa shape index (κ1) is 14.5. The summed E-state index contributed by atoms with van der Waals surface area (Å²) in [6, 6.07) is 0. The highest BCUT2D eigenvalue weighted by Crippen LogP contribution is 2.33. The monoisotopic (exact) mass is 241 g/mol. The van der Waals surface area contributed by atoms with Crippen molar-refractivity contribution in [3.63, 3.8) is 0 Å². The smallest absolute Gasteiger partial charge is 0.310 e. The van der Waals surface area contributed by atoms with E-state index < -0.39 is 11.4 Å². The van der Waals surface area contributed by atoms with Crippen LogP contribution in [0.2, 0.25) is 0 Å². The Hall–Kier alpha value is -0.570. The van der Waals surface area contributed by atoms with Crippen LogP contribution in [0.1, 0.15) is 52.9 Å². The van der Waals surface area contributed by atoms with Gasteiger partial charge in [-0.2, -0.15) is 0 Å². The van der Waals surface area contributed by atoms with Gasteiger partial charge in [-0.3, -0.25) is 4.79 Å². The van der Waals surface area contributed by atoms with Crippen LogP contribution in [0.3, 0.4) is 0 Å². The molecule has 0 aliphatic carbocycles. The van der Waals surface area contributed by atoms with E-state index in [2.05, 4.69) is 18.7 Å². The highest BCUT2D eigenvalue weighted by Gasteiger charge is 2.40. The molecule has 1 rings (SSSR count). The van der Waals surface area contributed by atoms with Gasteiger partial charge in [-0.25, -0.2) is 0 Å². The summed E-state index contributed by atoms with van der Waals surface area (Å²) in [6.07, 6.45) is 5.06. The van der Waals surface area contributed by atoms with Gasteiger partial charge in [-0.1, -0.05) is 20.8 Å². The first-order valence-corrected chi connectivity index (χ1v) is 6.96. The summed E-state index contributed by atoms with van der Waals surface area (Å²) < 4.78 is 0. The predicted octanol–water partition coefficient (Wildman–Crippen LogP) is 3.00. The van der Waals surface area contributed by atoms with E-state index in [1.807, 2.05) is 6.92 Å². The van der Waals surface area contributed by atoms with Crippen molar-refractivity contribution in [1.29, 1.82) is 0 Å². The lowest BCUT2D eigenvalue weighted by Crippen LogP contribution is -2.47. The number of carbonyl (C=O) groups is 1. The summed E-state index contributed by atoms with van der Waals surface area (Å²) in [6.45, 7) is 9.37. The van der Waals surface area contributed by atoms with E-state index in [-0.39, 0.29) is 0 Å². The Kier molecular flexibility index (Phi) is 5.44. The van der Waals surface area contributed by atoms with Crippen LogP contribution >= 0.6 is 0 Å². The third-order valence-electron chi connectivity index (χ3n) is 4.04. The van der Waals surface area contributed by atoms with Gasteiger partial charge in [-0.05, 0) is 51.1 Å². The summed E-state index contributed by atoms with van der Waals surface area (Å²) >= 11 is 0. The van der Waals surface area contributed by atoms with Gasteiger partial charge in [0.2, 0.25) is 0 Å². The van der Waals surface area contributed by atoms with Gasteiger partial charge >= 0.3 is 5.97 Å². The second-order valence-corrected chi connectivity index (χ2v) is 5.85. The number of carboxylic acids is 1. The molecular weight excluding hydrogens is 214 g/mol. The molecular formula is C14H27NO2. The van der Waals surface area contributed by atoms with Crippen LogP contribution in [-0.2, 0) is 4.79 Å². The fraction of sp³-hybridized carbons (Fsp3) is 0.929. The zero-order valence-corrected chi connectivity index (χ0v) is 11.5. The fourth-order valence-electron chi connectivity index (χ4n) is 2.76. The van der Waals surface area contributed by atoms with Gasteiger partial charge in [0.25, 0.3) is 0 Å². The minimum absolute atomic E-state index is 0.476. The normalized spacial score (nSPS) is 26.4. The number of nitrogens with zero attached hydrogens (tertiary/aromatic N) is 1. The van der Waals surface area contributed by atoms with Crippen molar-refractivity contribution in [2.75, 3.05) is 19.6 Å². The number of hydrogen-bond acceptors (Lipinski definition) is 2. The molecule has 0 aromatic carbocycles. The summed E-state index contributed by atoms with van der Waals surface area (Å²) in [4.78, 5) is 13.8. The third kappa shape index (κ3) is 3.98. The second kappa shape index (κ2) is 6.39. The Morgan fingerprint density at radius 2 is 2.18 bits per heavy atom. The Morgan fingerprint density at radius 3 is 2.71 bits per heavy atom. The SMILES string of the molecule is CCC1(C(=O)O)CCCN(CCCC(C)C)C1. The van der Waals surface area contributed by atoms with Crippen LogP contribution in [0.4, 0.5) is 0 Å². The van der Waals surface area contributed by atoms with E-state index in [4.69, 9.17) is 0 Å². The number of aliphatic carboxylic acids is 1. The molecule has 1 atom stereocenters. The molecule has 3 heteroatoms. The molecule has 1 saturated heterocycles. The maximum absolute atomic E-state index is 11.4. The van der Waals surface area contributed by atoms with Crippen LogP contribution < -0.4 is 0 Å². The van der Waals surface area contributed by atoms with E-state index in [1.165, 1.54) is 12.8 Å². The Morgan fingerprint density at radius 1 is 1.47 bits per heavy atom. The molecule has 3 nitrogen and oxygen atoms in total. The molecule has 0 saturated carbocycles. The van der Waals surface area contributed by atoms with Crippen molar-refractivity contribution in [3.05, 3.63) is 0 Å². The number of carboxylic acid groups (broad SMARTS) is 1. The number of hydrogen-bond donors (Lipinski definition) is 1. The standard InChI is InChI=1S/C14H27NO2/c1-4-14(13(16)17)8-6-10-15(11-14)9-5-7-12(2)3/h12H,4-11H2,1-3H3,(H,16,17). The van der Waals surface area contributed by atoms with Crippen molar-refractivity contribution < 1.29 is 9.90 Å². The zero-order chi connectivity index (χ0) is 12.9. The van der Waals surface area contributed by atoms with E-state index in [9.17, 15) is 9.90 Å². The highest BCUT2D eigenvalue weighted by atomic mass is 16.4. The van der Waals surface area contributed by atoms with E-state index >= 15 is 0 Å². The molecule has 0 spiro atoms. The van der Waals surface area contributed by atoms with Crippen molar-refractivity contribution >= 4 is 5.97 Å². The number of likely N-dealkylation sites (tertiary alicyclic amines) is 1. The fourth-order valence-corrected chi connectivity index (χ4v) is 2.76. The van der Waals surface area contributed by atoms with Crippen molar-refractivity contribution in [2.45, 2.75) is 52.9 Å². The molecule has 1 unspecified atom stereocenters. The molecule has 1 aliphatic rings. The van der Waals surface area contributed by atoms with Crippen molar-refractivity contribution in [2.24, 2.45) is 11.3 Å². The largest absolute Gasteiger partial charge is 0.481 e. The van der Waals surface area contributed by atoms with Crippen molar-refractivity contribution in [1.82, 2.24) is 4.90 Å². The lowest BCUT2D eigenvalue weighted by atomic mass is 9.77. The van der Waals surface area contributed by atoms with E-state index in [0.717, 1.165) is 44.8 Å². The van der Waals surface area contributed by atoms with E-state index in [1.54, 1.807) is 0 Å². The molecule has 0 amide bonds. The van der Waals surface area contributed by atoms with Gasteiger partial charge < -0.3 is 10.0 Å². The van der Waals surface area contributed by atoms with Crippen LogP contribution in [-0.4, -0.2) is 35.6 Å². The minimum Gasteiger partial charge on any atom is -0.481 e. The quantitative estimate of drug-likeness (QED) is 0.777. The van der Waals surface area contributed by atoms with Crippen LogP contribution in [0.5, 0.6) is 0 Å². The van der Waals surface area contributed by atoms with Gasteiger partial charge in [0.15, 0.2) is 0 Å². The molecule has 0 aromatic rings. The first-order valence-electron chi connectivity index (χ1n) is 6.96. The molecule has 0 aromatic heterocycles. The van der Waals surface area contributed by atoms with Gasteiger partial charge in [0.05, 0.1) is 5.41 Å². The molecule has 1 N–H and O–H groups in total. The molecule has 1 aliphatic heterocycles. The Balaban J connectivity index is 2.45. The van der Waals surface area contributed by atoms with Crippen LogP contribution in [0.15, 0.2) is 0 Å². The van der Waals surface area contributed by atoms with Gasteiger partial charge in [-0.15, -0.1) is 0 Å². The average Bonchev–Trinajstić information content (AvgIpc) is 2.28. The van der Waals surface area contributed by atoms with Gasteiger partial charge in [0, 0.05) is 6.54 Å². The van der Waals surface area contributed by atoms with Gasteiger partial charge in [0.1, 0.15) is 0 Å². The van der Waals surface area contributed by atoms with Crippen molar-refractivity contribution in [3.8, 4) is 0 Å². The minimum atomic E-state index is -0.603. The Labute approximate surface area is 105 Å². The summed E-state index contributed by atoms with van der Waals surface area (Å²) in [7, 11) is 0. The summed E-state index contributed by atoms with van der Waals surface area (Å²) in [5.74, 6) is 0.142. The molecule has 17 heavy (non-hydrogen) atoms. The lowest BCUT2D eigenvalue weighted by molar-refractivity contribution is -0.152. The average molecular weight is 241 g/mol. The lowest BCUT2D eigenvalue weighted by Gasteiger charge is -2.39. The topological polar surface area (TPSA) is 40.5 Å². The molecule has 1 heterocycles. The Bertz CT molecular complexity index is 253. The van der Waals surface area contributed by atoms with Crippen LogP contribution in [0, 0.1) is 11.3 Å². The highest BCUT2D eigenvalue weighted by molar-refractivity contribution is 5.75. The number of rotatable bonds is 6.